The number of aliphatic hydroxyl groups excluding tert-OH is 1. The molecule has 2 amide bonds. The number of hydrogen-bond donors (Lipinski definition) is 2. The molecule has 0 radical (unpaired) electrons. The van der Waals surface area contributed by atoms with Crippen LogP contribution in [0.1, 0.15) is 18.9 Å². The minimum atomic E-state index is -0.320. The molecule has 1 aliphatic heterocycles. The highest BCUT2D eigenvalue weighted by Gasteiger charge is 2.25. The molecule has 2 rings (SSSR count). The molecule has 1 heterocycles. The zero-order valence-electron chi connectivity index (χ0n) is 12.0. The van der Waals surface area contributed by atoms with Gasteiger partial charge in [0.2, 0.25) is 0 Å². The van der Waals surface area contributed by atoms with Crippen LogP contribution in [0.25, 0.3) is 0 Å². The lowest BCUT2D eigenvalue weighted by atomic mass is 10.1. The lowest BCUT2D eigenvalue weighted by Crippen LogP contribution is -2.33. The Bertz CT molecular complexity index is 501. The molecule has 1 fully saturated rings. The number of anilines is 1. The summed E-state index contributed by atoms with van der Waals surface area (Å²) in [6.45, 7) is 2.97. The van der Waals surface area contributed by atoms with E-state index in [2.05, 4.69) is 5.32 Å². The molecule has 0 bridgehead atoms. The second-order valence-electron chi connectivity index (χ2n) is 5.19. The molecule has 0 aromatic heterocycles. The van der Waals surface area contributed by atoms with E-state index in [1.807, 2.05) is 0 Å². The largest absolute Gasteiger partial charge is 0.461 e. The van der Waals surface area contributed by atoms with E-state index in [1.54, 1.807) is 29.2 Å². The molecule has 114 valence electrons. The summed E-state index contributed by atoms with van der Waals surface area (Å²) < 4.78 is 4.90. The van der Waals surface area contributed by atoms with Gasteiger partial charge in [0.1, 0.15) is 6.61 Å². The van der Waals surface area contributed by atoms with E-state index in [-0.39, 0.29) is 31.1 Å². The van der Waals surface area contributed by atoms with Crippen molar-refractivity contribution in [3.05, 3.63) is 29.8 Å². The fourth-order valence-electron chi connectivity index (χ4n) is 2.24. The van der Waals surface area contributed by atoms with Gasteiger partial charge < -0.3 is 20.1 Å². The Labute approximate surface area is 123 Å². The molecule has 0 spiro atoms. The van der Waals surface area contributed by atoms with Crippen molar-refractivity contribution in [2.75, 3.05) is 25.0 Å². The predicted molar refractivity (Wildman–Crippen MR) is 77.7 cm³/mol. The van der Waals surface area contributed by atoms with Gasteiger partial charge in [0, 0.05) is 38.2 Å². The minimum absolute atomic E-state index is 0.120. The Morgan fingerprint density at radius 1 is 1.38 bits per heavy atom. The van der Waals surface area contributed by atoms with Crippen molar-refractivity contribution < 1.29 is 19.4 Å². The summed E-state index contributed by atoms with van der Waals surface area (Å²) in [6.07, 6.45) is 0.839. The summed E-state index contributed by atoms with van der Waals surface area (Å²) in [5.74, 6) is -0.137. The van der Waals surface area contributed by atoms with Crippen LogP contribution < -0.4 is 5.32 Å². The van der Waals surface area contributed by atoms with Crippen molar-refractivity contribution in [3.63, 3.8) is 0 Å². The van der Waals surface area contributed by atoms with Crippen LogP contribution in [-0.4, -0.2) is 41.7 Å². The Morgan fingerprint density at radius 2 is 2.10 bits per heavy atom. The summed E-state index contributed by atoms with van der Waals surface area (Å²) in [4.78, 5) is 24.5. The molecular weight excluding hydrogens is 272 g/mol. The SMILES string of the molecule is CC(=O)OCc1ccc(NC(=O)N2CCC(CO)C2)cc1. The third-order valence-corrected chi connectivity index (χ3v) is 3.48. The standard InChI is InChI=1S/C15H20N2O4/c1-11(19)21-10-12-2-4-14(5-3-12)16-15(20)17-7-6-13(8-17)9-18/h2-5,13,18H,6-10H2,1H3,(H,16,20). The number of hydrogen-bond acceptors (Lipinski definition) is 4. The van der Waals surface area contributed by atoms with Crippen LogP contribution in [0.5, 0.6) is 0 Å². The number of ether oxygens (including phenoxy) is 1. The van der Waals surface area contributed by atoms with Crippen LogP contribution in [0.4, 0.5) is 10.5 Å². The van der Waals surface area contributed by atoms with Crippen molar-refractivity contribution in [2.24, 2.45) is 5.92 Å². The van der Waals surface area contributed by atoms with E-state index in [0.29, 0.717) is 18.8 Å². The maximum absolute atomic E-state index is 12.0. The molecule has 1 saturated heterocycles. The fourth-order valence-corrected chi connectivity index (χ4v) is 2.24. The molecule has 1 unspecified atom stereocenters. The molecule has 6 nitrogen and oxygen atoms in total. The molecule has 21 heavy (non-hydrogen) atoms. The van der Waals surface area contributed by atoms with Crippen molar-refractivity contribution in [1.82, 2.24) is 4.90 Å². The first kappa shape index (κ1) is 15.3. The number of amides is 2. The van der Waals surface area contributed by atoms with Crippen molar-refractivity contribution in [2.45, 2.75) is 20.0 Å². The second kappa shape index (κ2) is 7.08. The lowest BCUT2D eigenvalue weighted by Gasteiger charge is -2.17. The van der Waals surface area contributed by atoms with Crippen LogP contribution in [0, 0.1) is 5.92 Å². The average Bonchev–Trinajstić information content (AvgIpc) is 2.95. The number of benzene rings is 1. The van der Waals surface area contributed by atoms with Gasteiger partial charge >= 0.3 is 12.0 Å². The van der Waals surface area contributed by atoms with E-state index in [1.165, 1.54) is 6.92 Å². The summed E-state index contributed by atoms with van der Waals surface area (Å²) >= 11 is 0. The second-order valence-corrected chi connectivity index (χ2v) is 5.19. The van der Waals surface area contributed by atoms with Gasteiger partial charge in [-0.3, -0.25) is 4.79 Å². The van der Waals surface area contributed by atoms with Gasteiger partial charge in [-0.25, -0.2) is 4.79 Å². The quantitative estimate of drug-likeness (QED) is 0.826. The number of carbonyl (C=O) groups is 2. The molecular formula is C15H20N2O4. The maximum Gasteiger partial charge on any atom is 0.321 e. The van der Waals surface area contributed by atoms with Crippen molar-refractivity contribution in [1.29, 1.82) is 0 Å². The summed E-state index contributed by atoms with van der Waals surface area (Å²) in [7, 11) is 0. The van der Waals surface area contributed by atoms with Gasteiger partial charge in [0.05, 0.1) is 0 Å². The summed E-state index contributed by atoms with van der Waals surface area (Å²) in [6, 6.07) is 7.00. The van der Waals surface area contributed by atoms with E-state index in [0.717, 1.165) is 12.0 Å². The van der Waals surface area contributed by atoms with Gasteiger partial charge in [-0.05, 0) is 24.1 Å². The number of rotatable bonds is 4. The van der Waals surface area contributed by atoms with Crippen LogP contribution in [0.15, 0.2) is 24.3 Å². The number of nitrogens with one attached hydrogen (secondary N) is 1. The Kier molecular flexibility index (Phi) is 5.16. The molecule has 0 saturated carbocycles. The maximum atomic E-state index is 12.0. The Morgan fingerprint density at radius 3 is 2.67 bits per heavy atom. The minimum Gasteiger partial charge on any atom is -0.461 e. The van der Waals surface area contributed by atoms with E-state index in [4.69, 9.17) is 9.84 Å². The van der Waals surface area contributed by atoms with Crippen LogP contribution >= 0.6 is 0 Å². The van der Waals surface area contributed by atoms with Gasteiger partial charge in [0.15, 0.2) is 0 Å². The van der Waals surface area contributed by atoms with Crippen LogP contribution in [-0.2, 0) is 16.1 Å². The molecule has 0 aliphatic carbocycles. The fraction of sp³-hybridized carbons (Fsp3) is 0.467. The summed E-state index contributed by atoms with van der Waals surface area (Å²) in [5, 5.41) is 11.9. The van der Waals surface area contributed by atoms with E-state index in [9.17, 15) is 9.59 Å². The number of likely N-dealkylation sites (tertiary alicyclic amines) is 1. The number of carbonyl (C=O) groups excluding carboxylic acids is 2. The third kappa shape index (κ3) is 4.46. The molecule has 2 N–H and O–H groups in total. The zero-order chi connectivity index (χ0) is 15.2. The number of urea groups is 1. The van der Waals surface area contributed by atoms with Gasteiger partial charge in [-0.2, -0.15) is 0 Å². The summed E-state index contributed by atoms with van der Waals surface area (Å²) in [5.41, 5.74) is 1.56. The molecule has 1 aliphatic rings. The Hall–Kier alpha value is -2.08. The first-order chi connectivity index (χ1) is 10.1. The average molecular weight is 292 g/mol. The zero-order valence-corrected chi connectivity index (χ0v) is 12.0. The first-order valence-corrected chi connectivity index (χ1v) is 6.97. The normalized spacial score (nSPS) is 17.6. The first-order valence-electron chi connectivity index (χ1n) is 6.97. The number of esters is 1. The lowest BCUT2D eigenvalue weighted by molar-refractivity contribution is -0.142. The van der Waals surface area contributed by atoms with Crippen molar-refractivity contribution >= 4 is 17.7 Å². The molecule has 1 atom stereocenters. The van der Waals surface area contributed by atoms with Crippen LogP contribution in [0.3, 0.4) is 0 Å². The monoisotopic (exact) mass is 292 g/mol. The van der Waals surface area contributed by atoms with Crippen LogP contribution in [0.2, 0.25) is 0 Å². The van der Waals surface area contributed by atoms with Gasteiger partial charge in [0.25, 0.3) is 0 Å². The van der Waals surface area contributed by atoms with Crippen molar-refractivity contribution in [3.8, 4) is 0 Å². The smallest absolute Gasteiger partial charge is 0.321 e. The van der Waals surface area contributed by atoms with E-state index < -0.39 is 0 Å². The third-order valence-electron chi connectivity index (χ3n) is 3.48. The molecule has 6 heteroatoms. The van der Waals surface area contributed by atoms with Gasteiger partial charge in [-0.1, -0.05) is 12.1 Å². The molecule has 1 aromatic rings. The highest BCUT2D eigenvalue weighted by atomic mass is 16.5. The number of nitrogens with zero attached hydrogens (tertiary/aromatic N) is 1. The molecule has 1 aromatic carbocycles. The Balaban J connectivity index is 1.85. The van der Waals surface area contributed by atoms with E-state index >= 15 is 0 Å². The highest BCUT2D eigenvalue weighted by Crippen LogP contribution is 2.17. The predicted octanol–water partition coefficient (Wildman–Crippen LogP) is 1.60. The highest BCUT2D eigenvalue weighted by molar-refractivity contribution is 5.89. The topological polar surface area (TPSA) is 78.9 Å². The van der Waals surface area contributed by atoms with Gasteiger partial charge in [-0.15, -0.1) is 0 Å². The number of aliphatic hydroxyl groups is 1.